The first-order valence-corrected chi connectivity index (χ1v) is 8.48. The number of fused-ring (bicyclic) bond motifs is 1. The van der Waals surface area contributed by atoms with Crippen molar-refractivity contribution in [3.63, 3.8) is 0 Å². The predicted octanol–water partition coefficient (Wildman–Crippen LogP) is 5.73. The maximum Gasteiger partial charge on any atom is 0.116 e. The highest BCUT2D eigenvalue weighted by molar-refractivity contribution is 14.1. The number of hydrogen-bond donors (Lipinski definition) is 1. The van der Waals surface area contributed by atoms with Crippen molar-refractivity contribution in [2.24, 2.45) is 0 Å². The second kappa shape index (κ2) is 5.87. The van der Waals surface area contributed by atoms with Gasteiger partial charge in [0.2, 0.25) is 0 Å². The standard InChI is InChI=1S/C15H12ClIN2S/c1-9(18-12-7-6-10(16)8-11(12)17)15-19-13-4-2-3-5-14(13)20-15/h2-9,18H,1H3. The maximum absolute atomic E-state index is 5.98. The fourth-order valence-electron chi connectivity index (χ4n) is 1.98. The Morgan fingerprint density at radius 2 is 2.05 bits per heavy atom. The zero-order valence-corrected chi connectivity index (χ0v) is 14.5. The monoisotopic (exact) mass is 414 g/mol. The van der Waals surface area contributed by atoms with E-state index in [1.54, 1.807) is 11.3 Å². The lowest BCUT2D eigenvalue weighted by atomic mass is 10.2. The Kier molecular flexibility index (Phi) is 4.14. The number of benzene rings is 2. The first-order valence-electron chi connectivity index (χ1n) is 6.20. The summed E-state index contributed by atoms with van der Waals surface area (Å²) in [6.45, 7) is 2.13. The molecule has 0 spiro atoms. The van der Waals surface area contributed by atoms with E-state index >= 15 is 0 Å². The van der Waals surface area contributed by atoms with Crippen LogP contribution in [0.3, 0.4) is 0 Å². The average molecular weight is 415 g/mol. The van der Waals surface area contributed by atoms with Gasteiger partial charge >= 0.3 is 0 Å². The van der Waals surface area contributed by atoms with Crippen molar-refractivity contribution in [3.05, 3.63) is 56.1 Å². The van der Waals surface area contributed by atoms with E-state index in [1.807, 2.05) is 36.4 Å². The molecular weight excluding hydrogens is 403 g/mol. The molecule has 102 valence electrons. The Balaban J connectivity index is 1.86. The van der Waals surface area contributed by atoms with E-state index in [4.69, 9.17) is 11.6 Å². The fourth-order valence-corrected chi connectivity index (χ4v) is 3.97. The van der Waals surface area contributed by atoms with Crippen molar-refractivity contribution in [1.82, 2.24) is 4.98 Å². The van der Waals surface area contributed by atoms with E-state index in [2.05, 4.69) is 45.9 Å². The summed E-state index contributed by atoms with van der Waals surface area (Å²) in [5.41, 5.74) is 2.15. The van der Waals surface area contributed by atoms with E-state index < -0.39 is 0 Å². The summed E-state index contributed by atoms with van der Waals surface area (Å²) in [6, 6.07) is 14.3. The molecule has 0 bridgehead atoms. The Morgan fingerprint density at radius 3 is 2.80 bits per heavy atom. The van der Waals surface area contributed by atoms with Gasteiger partial charge in [-0.15, -0.1) is 11.3 Å². The summed E-state index contributed by atoms with van der Waals surface area (Å²) >= 11 is 10.0. The van der Waals surface area contributed by atoms with Gasteiger partial charge < -0.3 is 5.32 Å². The first kappa shape index (κ1) is 14.1. The smallest absolute Gasteiger partial charge is 0.116 e. The Labute approximate surface area is 140 Å². The van der Waals surface area contributed by atoms with Gasteiger partial charge in [0.05, 0.1) is 16.3 Å². The van der Waals surface area contributed by atoms with Crippen LogP contribution in [-0.4, -0.2) is 4.98 Å². The van der Waals surface area contributed by atoms with Crippen molar-refractivity contribution >= 4 is 61.4 Å². The lowest BCUT2D eigenvalue weighted by molar-refractivity contribution is 0.873. The quantitative estimate of drug-likeness (QED) is 0.554. The summed E-state index contributed by atoms with van der Waals surface area (Å²) in [7, 11) is 0. The number of hydrogen-bond acceptors (Lipinski definition) is 3. The molecule has 5 heteroatoms. The number of nitrogens with one attached hydrogen (secondary N) is 1. The topological polar surface area (TPSA) is 24.9 Å². The van der Waals surface area contributed by atoms with Gasteiger partial charge in [-0.05, 0) is 59.8 Å². The minimum absolute atomic E-state index is 0.169. The number of nitrogens with zero attached hydrogens (tertiary/aromatic N) is 1. The number of para-hydroxylation sites is 1. The summed E-state index contributed by atoms with van der Waals surface area (Å²) in [6.07, 6.45) is 0. The largest absolute Gasteiger partial charge is 0.375 e. The van der Waals surface area contributed by atoms with Crippen LogP contribution >= 0.6 is 45.5 Å². The van der Waals surface area contributed by atoms with E-state index in [1.165, 1.54) is 4.70 Å². The number of thiazole rings is 1. The molecule has 0 amide bonds. The fraction of sp³-hybridized carbons (Fsp3) is 0.133. The van der Waals surface area contributed by atoms with Crippen LogP contribution in [0.2, 0.25) is 5.02 Å². The molecule has 1 aromatic heterocycles. The number of anilines is 1. The van der Waals surface area contributed by atoms with E-state index in [0.29, 0.717) is 0 Å². The molecule has 0 aliphatic heterocycles. The molecule has 0 saturated heterocycles. The second-order valence-corrected chi connectivity index (χ2v) is 7.17. The van der Waals surface area contributed by atoms with Gasteiger partial charge in [0.15, 0.2) is 0 Å². The third kappa shape index (κ3) is 2.92. The Morgan fingerprint density at radius 1 is 1.25 bits per heavy atom. The summed E-state index contributed by atoms with van der Waals surface area (Å²) < 4.78 is 2.34. The van der Waals surface area contributed by atoms with Crippen LogP contribution in [0.5, 0.6) is 0 Å². The summed E-state index contributed by atoms with van der Waals surface area (Å²) in [5, 5.41) is 5.35. The van der Waals surface area contributed by atoms with Gasteiger partial charge in [0.25, 0.3) is 0 Å². The van der Waals surface area contributed by atoms with Crippen LogP contribution < -0.4 is 5.32 Å². The van der Waals surface area contributed by atoms with Crippen molar-refractivity contribution in [2.45, 2.75) is 13.0 Å². The normalized spacial score (nSPS) is 12.6. The molecule has 2 nitrogen and oxygen atoms in total. The molecule has 0 aliphatic carbocycles. The average Bonchev–Trinajstić information content (AvgIpc) is 2.86. The van der Waals surface area contributed by atoms with Crippen molar-refractivity contribution < 1.29 is 0 Å². The molecular formula is C15H12ClIN2S. The highest BCUT2D eigenvalue weighted by Crippen LogP contribution is 2.30. The molecule has 1 atom stereocenters. The highest BCUT2D eigenvalue weighted by atomic mass is 127. The SMILES string of the molecule is CC(Nc1ccc(Cl)cc1I)c1nc2ccccc2s1. The zero-order chi connectivity index (χ0) is 14.1. The molecule has 0 fully saturated rings. The molecule has 0 aliphatic rings. The van der Waals surface area contributed by atoms with Crippen molar-refractivity contribution in [1.29, 1.82) is 0 Å². The van der Waals surface area contributed by atoms with Crippen LogP contribution in [0, 0.1) is 3.57 Å². The number of rotatable bonds is 3. The van der Waals surface area contributed by atoms with Gasteiger partial charge in [-0.2, -0.15) is 0 Å². The zero-order valence-electron chi connectivity index (χ0n) is 10.7. The minimum atomic E-state index is 0.169. The predicted molar refractivity (Wildman–Crippen MR) is 95.8 cm³/mol. The first-order chi connectivity index (χ1) is 9.63. The molecule has 3 aromatic rings. The number of aromatic nitrogens is 1. The lowest BCUT2D eigenvalue weighted by Crippen LogP contribution is -2.07. The van der Waals surface area contributed by atoms with Crippen molar-refractivity contribution in [3.8, 4) is 0 Å². The minimum Gasteiger partial charge on any atom is -0.375 e. The van der Waals surface area contributed by atoms with Gasteiger partial charge in [-0.1, -0.05) is 23.7 Å². The third-order valence-corrected chi connectivity index (χ3v) is 5.33. The molecule has 3 rings (SSSR count). The van der Waals surface area contributed by atoms with Gasteiger partial charge in [-0.25, -0.2) is 4.98 Å². The second-order valence-electron chi connectivity index (χ2n) is 4.51. The van der Waals surface area contributed by atoms with Crippen LogP contribution in [-0.2, 0) is 0 Å². The Bertz CT molecular complexity index is 723. The molecule has 2 aromatic carbocycles. The summed E-state index contributed by atoms with van der Waals surface area (Å²) in [4.78, 5) is 4.68. The third-order valence-electron chi connectivity index (χ3n) is 2.98. The van der Waals surface area contributed by atoms with E-state index in [0.717, 1.165) is 24.8 Å². The van der Waals surface area contributed by atoms with Gasteiger partial charge in [0.1, 0.15) is 5.01 Å². The summed E-state index contributed by atoms with van der Waals surface area (Å²) in [5.74, 6) is 0. The van der Waals surface area contributed by atoms with Crippen molar-refractivity contribution in [2.75, 3.05) is 5.32 Å². The van der Waals surface area contributed by atoms with Gasteiger partial charge in [-0.3, -0.25) is 0 Å². The number of halogens is 2. The maximum atomic E-state index is 5.98. The van der Waals surface area contributed by atoms with Crippen LogP contribution in [0.15, 0.2) is 42.5 Å². The van der Waals surface area contributed by atoms with Gasteiger partial charge in [0, 0.05) is 14.3 Å². The van der Waals surface area contributed by atoms with E-state index in [-0.39, 0.29) is 6.04 Å². The van der Waals surface area contributed by atoms with Crippen LogP contribution in [0.25, 0.3) is 10.2 Å². The van der Waals surface area contributed by atoms with Crippen LogP contribution in [0.1, 0.15) is 18.0 Å². The molecule has 0 radical (unpaired) electrons. The molecule has 0 saturated carbocycles. The molecule has 1 unspecified atom stereocenters. The molecule has 1 heterocycles. The van der Waals surface area contributed by atoms with Crippen LogP contribution in [0.4, 0.5) is 5.69 Å². The Hall–Kier alpha value is -0.850. The molecule has 20 heavy (non-hydrogen) atoms. The highest BCUT2D eigenvalue weighted by Gasteiger charge is 2.12. The lowest BCUT2D eigenvalue weighted by Gasteiger charge is -2.14. The molecule has 1 N–H and O–H groups in total. The van der Waals surface area contributed by atoms with E-state index in [9.17, 15) is 0 Å².